The molecule has 0 aromatic carbocycles. The predicted molar refractivity (Wildman–Crippen MR) is 295 cm³/mol. The summed E-state index contributed by atoms with van der Waals surface area (Å²) in [5.41, 5.74) is 0. The lowest BCUT2D eigenvalue weighted by molar-refractivity contribution is -0.359. The largest absolute Gasteiger partial charge is 0.394 e. The van der Waals surface area contributed by atoms with Crippen molar-refractivity contribution < 1.29 is 64.6 Å². The summed E-state index contributed by atoms with van der Waals surface area (Å²) in [7, 11) is 0. The van der Waals surface area contributed by atoms with Crippen LogP contribution in [0.25, 0.3) is 0 Å². The van der Waals surface area contributed by atoms with Crippen LogP contribution in [-0.4, -0.2) is 140 Å². The summed E-state index contributed by atoms with van der Waals surface area (Å²) in [4.78, 5) is 13.2. The third-order valence-electron chi connectivity index (χ3n) is 13.3. The monoisotopic (exact) mass is 1040 g/mol. The van der Waals surface area contributed by atoms with Crippen LogP contribution >= 0.6 is 0 Å². The van der Waals surface area contributed by atoms with Gasteiger partial charge in [0.15, 0.2) is 12.6 Å². The van der Waals surface area contributed by atoms with Gasteiger partial charge in [-0.2, -0.15) is 0 Å². The standard InChI is InChI=1S/C60H101NO13/c1-3-5-7-9-11-13-14-15-16-17-18-19-20-21-22-23-24-25-26-27-28-29-30-31-32-33-34-36-38-40-42-44-52(65)61-48(49(64)43-41-39-37-35-12-10-8-6-4-2)47-71-59-57(70)55(68)58(51(46-63)73-59)74-60-56(69)54(67)53(66)50(45-62)72-60/h5,7,11-13,15-16,18-19,21-22,24-25,35,41,43,48-51,53-60,62-64,66-70H,3-4,6,8-10,14,17,20,23,26-34,36-40,42,44-47H2,1-2H3,(H,61,65)/b7-5-,13-11-,16-15-,19-18-,22-21-,25-24-,35-12+,43-41+. The van der Waals surface area contributed by atoms with Gasteiger partial charge < -0.3 is 65.1 Å². The molecule has 0 saturated carbocycles. The Morgan fingerprint density at radius 1 is 0.500 bits per heavy atom. The van der Waals surface area contributed by atoms with Gasteiger partial charge in [0.1, 0.15) is 48.8 Å². The van der Waals surface area contributed by atoms with Gasteiger partial charge in [0, 0.05) is 6.42 Å². The highest BCUT2D eigenvalue weighted by molar-refractivity contribution is 5.76. The molecule has 1 amide bonds. The van der Waals surface area contributed by atoms with Gasteiger partial charge in [-0.15, -0.1) is 0 Å². The van der Waals surface area contributed by atoms with E-state index >= 15 is 0 Å². The molecule has 424 valence electrons. The molecular formula is C60H101NO13. The molecule has 0 aromatic heterocycles. The Hall–Kier alpha value is -3.09. The fraction of sp³-hybridized carbons (Fsp3) is 0.717. The highest BCUT2D eigenvalue weighted by Crippen LogP contribution is 2.30. The zero-order valence-corrected chi connectivity index (χ0v) is 45.3. The minimum atomic E-state index is -1.79. The predicted octanol–water partition coefficient (Wildman–Crippen LogP) is 9.10. The van der Waals surface area contributed by atoms with Crippen LogP contribution in [-0.2, 0) is 23.7 Å². The first-order chi connectivity index (χ1) is 36.1. The number of unbranched alkanes of at least 4 members (excludes halogenated alkanes) is 16. The van der Waals surface area contributed by atoms with Crippen LogP contribution in [0.5, 0.6) is 0 Å². The molecule has 14 heteroatoms. The molecule has 2 aliphatic heterocycles. The van der Waals surface area contributed by atoms with Crippen molar-refractivity contribution in [1.29, 1.82) is 0 Å². The van der Waals surface area contributed by atoms with Gasteiger partial charge in [-0.3, -0.25) is 4.79 Å². The third kappa shape index (κ3) is 30.6. The molecule has 74 heavy (non-hydrogen) atoms. The average molecular weight is 1040 g/mol. The number of carbonyl (C=O) groups is 1. The maximum Gasteiger partial charge on any atom is 0.220 e. The number of carbonyl (C=O) groups excluding carboxylic acids is 1. The van der Waals surface area contributed by atoms with E-state index < -0.39 is 86.8 Å². The summed E-state index contributed by atoms with van der Waals surface area (Å²) in [6.07, 6.45) is 44.8. The van der Waals surface area contributed by atoms with E-state index in [-0.39, 0.29) is 18.9 Å². The van der Waals surface area contributed by atoms with Gasteiger partial charge in [-0.1, -0.05) is 188 Å². The van der Waals surface area contributed by atoms with Crippen molar-refractivity contribution >= 4 is 5.91 Å². The van der Waals surface area contributed by atoms with Crippen molar-refractivity contribution in [3.8, 4) is 0 Å². The third-order valence-corrected chi connectivity index (χ3v) is 13.3. The van der Waals surface area contributed by atoms with E-state index in [0.717, 1.165) is 83.5 Å². The maximum absolute atomic E-state index is 13.2. The van der Waals surface area contributed by atoms with Gasteiger partial charge in [-0.25, -0.2) is 0 Å². The van der Waals surface area contributed by atoms with Crippen LogP contribution in [0.3, 0.4) is 0 Å². The lowest BCUT2D eigenvalue weighted by Gasteiger charge is -2.46. The Kier molecular flexibility index (Phi) is 40.7. The highest BCUT2D eigenvalue weighted by Gasteiger charge is 2.51. The average Bonchev–Trinajstić information content (AvgIpc) is 3.40. The molecule has 2 rings (SSSR count). The van der Waals surface area contributed by atoms with Crippen LogP contribution in [0.2, 0.25) is 0 Å². The van der Waals surface area contributed by atoms with E-state index in [9.17, 15) is 45.6 Å². The molecule has 14 nitrogen and oxygen atoms in total. The maximum atomic E-state index is 13.2. The molecule has 0 aliphatic carbocycles. The van der Waals surface area contributed by atoms with Gasteiger partial charge in [0.25, 0.3) is 0 Å². The van der Waals surface area contributed by atoms with Crippen LogP contribution in [0.4, 0.5) is 0 Å². The molecule has 2 heterocycles. The number of hydrogen-bond donors (Lipinski definition) is 9. The number of amides is 1. The van der Waals surface area contributed by atoms with Crippen LogP contribution in [0.1, 0.15) is 181 Å². The minimum Gasteiger partial charge on any atom is -0.394 e. The van der Waals surface area contributed by atoms with Gasteiger partial charge >= 0.3 is 0 Å². The van der Waals surface area contributed by atoms with Crippen LogP contribution < -0.4 is 5.32 Å². The van der Waals surface area contributed by atoms with E-state index in [0.29, 0.717) is 12.8 Å². The van der Waals surface area contributed by atoms with Gasteiger partial charge in [-0.05, 0) is 83.5 Å². The van der Waals surface area contributed by atoms with Crippen molar-refractivity contribution in [3.63, 3.8) is 0 Å². The van der Waals surface area contributed by atoms with E-state index in [2.05, 4.69) is 104 Å². The zero-order chi connectivity index (χ0) is 53.9. The quantitative estimate of drug-likeness (QED) is 0.0205. The summed E-state index contributed by atoms with van der Waals surface area (Å²) in [6, 6.07) is -0.936. The second kappa shape index (κ2) is 45.0. The van der Waals surface area contributed by atoms with Crippen molar-refractivity contribution in [3.05, 3.63) is 97.2 Å². The summed E-state index contributed by atoms with van der Waals surface area (Å²) < 4.78 is 22.7. The van der Waals surface area contributed by atoms with Gasteiger partial charge in [0.05, 0.1) is 32.0 Å². The molecule has 2 saturated heterocycles. The van der Waals surface area contributed by atoms with Crippen LogP contribution in [0, 0.1) is 0 Å². The first kappa shape index (κ1) is 67.0. The molecule has 0 aromatic rings. The number of allylic oxidation sites excluding steroid dienone is 15. The first-order valence-corrected chi connectivity index (χ1v) is 28.5. The second-order valence-electron chi connectivity index (χ2n) is 19.7. The lowest BCUT2D eigenvalue weighted by Crippen LogP contribution is -2.65. The number of hydrogen-bond acceptors (Lipinski definition) is 13. The fourth-order valence-electron chi connectivity index (χ4n) is 8.66. The normalized spacial score (nSPS) is 26.0. The van der Waals surface area contributed by atoms with Crippen molar-refractivity contribution in [2.75, 3.05) is 19.8 Å². The van der Waals surface area contributed by atoms with Crippen molar-refractivity contribution in [1.82, 2.24) is 5.32 Å². The smallest absolute Gasteiger partial charge is 0.220 e. The van der Waals surface area contributed by atoms with Crippen molar-refractivity contribution in [2.24, 2.45) is 0 Å². The van der Waals surface area contributed by atoms with E-state index in [4.69, 9.17) is 18.9 Å². The summed E-state index contributed by atoms with van der Waals surface area (Å²) in [6.45, 7) is 2.58. The molecular weight excluding hydrogens is 943 g/mol. The fourth-order valence-corrected chi connectivity index (χ4v) is 8.66. The van der Waals surface area contributed by atoms with Crippen LogP contribution in [0.15, 0.2) is 97.2 Å². The molecule has 12 atom stereocenters. The lowest BCUT2D eigenvalue weighted by atomic mass is 9.97. The Labute approximate surface area is 445 Å². The van der Waals surface area contributed by atoms with E-state index in [1.807, 2.05) is 6.08 Å². The molecule has 9 N–H and O–H groups in total. The number of aliphatic hydroxyl groups is 8. The summed E-state index contributed by atoms with van der Waals surface area (Å²) >= 11 is 0. The molecule has 2 aliphatic rings. The Bertz CT molecular complexity index is 1610. The summed E-state index contributed by atoms with van der Waals surface area (Å²) in [5.74, 6) is -0.259. The topological polar surface area (TPSA) is 228 Å². The highest BCUT2D eigenvalue weighted by atomic mass is 16.7. The summed E-state index contributed by atoms with van der Waals surface area (Å²) in [5, 5.41) is 86.7. The zero-order valence-electron chi connectivity index (χ0n) is 45.3. The molecule has 0 spiro atoms. The Balaban J connectivity index is 1.66. The molecule has 0 bridgehead atoms. The van der Waals surface area contributed by atoms with E-state index in [1.54, 1.807) is 6.08 Å². The number of rotatable bonds is 43. The molecule has 0 radical (unpaired) electrons. The Morgan fingerprint density at radius 3 is 1.49 bits per heavy atom. The molecule has 2 fully saturated rings. The first-order valence-electron chi connectivity index (χ1n) is 28.5. The van der Waals surface area contributed by atoms with Crippen molar-refractivity contribution in [2.45, 2.75) is 254 Å². The number of ether oxygens (including phenoxy) is 4. The SMILES string of the molecule is CC/C=C\C/C=C\C/C=C\C/C=C\C/C=C\C/C=C\CCCCCCCCCCCCCCC(=O)NC(COC1OC(CO)C(OC2OC(CO)C(O)C(O)C2O)C(O)C1O)C(O)/C=C/CC/C=C/CCCCC. The van der Waals surface area contributed by atoms with Gasteiger partial charge in [0.2, 0.25) is 5.91 Å². The Morgan fingerprint density at radius 2 is 0.946 bits per heavy atom. The van der Waals surface area contributed by atoms with E-state index in [1.165, 1.54) is 64.2 Å². The molecule has 12 unspecified atom stereocenters. The minimum absolute atomic E-state index is 0.259. The number of aliphatic hydroxyl groups excluding tert-OH is 8. The second-order valence-corrected chi connectivity index (χ2v) is 19.7. The number of nitrogens with one attached hydrogen (secondary N) is 1.